The van der Waals surface area contributed by atoms with Gasteiger partial charge in [0.15, 0.2) is 0 Å². The van der Waals surface area contributed by atoms with Gasteiger partial charge in [-0.2, -0.15) is 0 Å². The van der Waals surface area contributed by atoms with Crippen LogP contribution in [-0.4, -0.2) is 13.0 Å². The van der Waals surface area contributed by atoms with Gasteiger partial charge >= 0.3 is 0 Å². The van der Waals surface area contributed by atoms with Gasteiger partial charge in [-0.05, 0) is 19.1 Å². The van der Waals surface area contributed by atoms with Crippen LogP contribution in [0.1, 0.15) is 51.5 Å². The zero-order valence-corrected chi connectivity index (χ0v) is 12.3. The van der Waals surface area contributed by atoms with Crippen LogP contribution in [0.25, 0.3) is 0 Å². The molecule has 0 aliphatic carbocycles. The largest absolute Gasteiger partial charge is 0.744 e. The van der Waals surface area contributed by atoms with Gasteiger partial charge in [0.2, 0.25) is 0 Å². The SMILES string of the molecule is CCCCCCC.Cc1ccc(S(=O)(=O)[O-])cc1. The summed E-state index contributed by atoms with van der Waals surface area (Å²) in [6.07, 6.45) is 7.01. The molecule has 0 saturated heterocycles. The van der Waals surface area contributed by atoms with Gasteiger partial charge in [-0.15, -0.1) is 0 Å². The first-order chi connectivity index (χ1) is 8.41. The van der Waals surface area contributed by atoms with E-state index in [-0.39, 0.29) is 4.90 Å². The summed E-state index contributed by atoms with van der Waals surface area (Å²) < 4.78 is 31.2. The molecule has 1 aromatic carbocycles. The van der Waals surface area contributed by atoms with Crippen molar-refractivity contribution in [2.45, 2.75) is 57.8 Å². The number of hydrogen-bond donors (Lipinski definition) is 0. The molecule has 0 fully saturated rings. The Bertz CT molecular complexity index is 403. The Morgan fingerprint density at radius 3 is 1.72 bits per heavy atom. The van der Waals surface area contributed by atoms with Crippen molar-refractivity contribution in [1.29, 1.82) is 0 Å². The topological polar surface area (TPSA) is 57.2 Å². The first-order valence-corrected chi connectivity index (χ1v) is 7.85. The number of benzene rings is 1. The fourth-order valence-electron chi connectivity index (χ4n) is 1.38. The molecule has 0 unspecified atom stereocenters. The molecule has 0 atom stereocenters. The second kappa shape index (κ2) is 9.11. The van der Waals surface area contributed by atoms with E-state index >= 15 is 0 Å². The fraction of sp³-hybridized carbons (Fsp3) is 0.571. The van der Waals surface area contributed by atoms with Crippen LogP contribution in [0.5, 0.6) is 0 Å². The lowest BCUT2D eigenvalue weighted by Gasteiger charge is -2.05. The maximum absolute atomic E-state index is 10.4. The van der Waals surface area contributed by atoms with E-state index in [1.807, 2.05) is 6.92 Å². The molecule has 0 aliphatic rings. The molecule has 18 heavy (non-hydrogen) atoms. The third-order valence-corrected chi connectivity index (χ3v) is 3.37. The summed E-state index contributed by atoms with van der Waals surface area (Å²) in [7, 11) is -4.27. The summed E-state index contributed by atoms with van der Waals surface area (Å²) in [6.45, 7) is 6.31. The standard InChI is InChI=1S/C7H8O3S.C7H16/c1-6-2-4-7(5-3-6)11(8,9)10;1-3-5-7-6-4-2/h2-5H,1H3,(H,8,9,10);3-7H2,1-2H3/p-1. The van der Waals surface area contributed by atoms with Crippen molar-refractivity contribution in [1.82, 2.24) is 0 Å². The minimum absolute atomic E-state index is 0.178. The highest BCUT2D eigenvalue weighted by Crippen LogP contribution is 2.08. The van der Waals surface area contributed by atoms with Crippen LogP contribution in [0.4, 0.5) is 0 Å². The summed E-state index contributed by atoms with van der Waals surface area (Å²) in [4.78, 5) is -0.178. The zero-order chi connectivity index (χ0) is 14.0. The molecular weight excluding hydrogens is 248 g/mol. The maximum atomic E-state index is 10.4. The first kappa shape index (κ1) is 17.1. The minimum atomic E-state index is -4.27. The van der Waals surface area contributed by atoms with Crippen molar-refractivity contribution in [2.75, 3.05) is 0 Å². The van der Waals surface area contributed by atoms with Crippen molar-refractivity contribution in [3.8, 4) is 0 Å². The Labute approximate surface area is 111 Å². The number of hydrogen-bond acceptors (Lipinski definition) is 3. The van der Waals surface area contributed by atoms with Crippen LogP contribution in [0.15, 0.2) is 29.2 Å². The summed E-state index contributed by atoms with van der Waals surface area (Å²) in [5.74, 6) is 0. The molecular formula is C14H23O3S-. The van der Waals surface area contributed by atoms with Gasteiger partial charge in [-0.25, -0.2) is 8.42 Å². The van der Waals surface area contributed by atoms with Crippen LogP contribution < -0.4 is 0 Å². The molecule has 0 heterocycles. The minimum Gasteiger partial charge on any atom is -0.744 e. The average Bonchev–Trinajstić information content (AvgIpc) is 2.30. The van der Waals surface area contributed by atoms with Crippen LogP contribution in [-0.2, 0) is 10.1 Å². The molecule has 0 bridgehead atoms. The van der Waals surface area contributed by atoms with Crippen LogP contribution in [0.3, 0.4) is 0 Å². The van der Waals surface area contributed by atoms with Crippen molar-refractivity contribution >= 4 is 10.1 Å². The third kappa shape index (κ3) is 8.25. The molecule has 0 spiro atoms. The smallest absolute Gasteiger partial charge is 0.124 e. The van der Waals surface area contributed by atoms with Crippen molar-refractivity contribution in [2.24, 2.45) is 0 Å². The predicted octanol–water partition coefficient (Wildman–Crippen LogP) is 3.88. The fourth-order valence-corrected chi connectivity index (χ4v) is 1.85. The van der Waals surface area contributed by atoms with Gasteiger partial charge < -0.3 is 4.55 Å². The van der Waals surface area contributed by atoms with E-state index in [1.165, 1.54) is 44.2 Å². The lowest BCUT2D eigenvalue weighted by Crippen LogP contribution is -1.97. The molecule has 104 valence electrons. The molecule has 0 amide bonds. The Balaban J connectivity index is 0.000000360. The highest BCUT2D eigenvalue weighted by molar-refractivity contribution is 7.85. The molecule has 3 nitrogen and oxygen atoms in total. The molecule has 0 saturated carbocycles. The molecule has 4 heteroatoms. The Morgan fingerprint density at radius 2 is 1.39 bits per heavy atom. The Kier molecular flexibility index (Phi) is 8.67. The number of unbranched alkanes of at least 4 members (excludes halogenated alkanes) is 4. The van der Waals surface area contributed by atoms with E-state index in [9.17, 15) is 13.0 Å². The molecule has 1 aromatic rings. The Hall–Kier alpha value is -0.870. The van der Waals surface area contributed by atoms with E-state index < -0.39 is 10.1 Å². The second-order valence-corrected chi connectivity index (χ2v) is 5.71. The monoisotopic (exact) mass is 271 g/mol. The lowest BCUT2D eigenvalue weighted by atomic mass is 10.2. The van der Waals surface area contributed by atoms with E-state index in [0.717, 1.165) is 5.56 Å². The predicted molar refractivity (Wildman–Crippen MR) is 73.6 cm³/mol. The zero-order valence-electron chi connectivity index (χ0n) is 11.5. The van der Waals surface area contributed by atoms with Crippen molar-refractivity contribution in [3.63, 3.8) is 0 Å². The van der Waals surface area contributed by atoms with Gasteiger partial charge in [0.1, 0.15) is 10.1 Å². The normalized spacial score (nSPS) is 10.7. The third-order valence-electron chi connectivity index (χ3n) is 2.52. The molecule has 0 N–H and O–H groups in total. The average molecular weight is 271 g/mol. The van der Waals surface area contributed by atoms with E-state index in [2.05, 4.69) is 13.8 Å². The van der Waals surface area contributed by atoms with Gasteiger partial charge in [0.05, 0.1) is 4.90 Å². The van der Waals surface area contributed by atoms with Gasteiger partial charge in [0, 0.05) is 0 Å². The summed E-state index contributed by atoms with van der Waals surface area (Å²) in [5, 5.41) is 0. The van der Waals surface area contributed by atoms with E-state index in [4.69, 9.17) is 0 Å². The van der Waals surface area contributed by atoms with Gasteiger partial charge in [-0.3, -0.25) is 0 Å². The van der Waals surface area contributed by atoms with Crippen molar-refractivity contribution < 1.29 is 13.0 Å². The quantitative estimate of drug-likeness (QED) is 0.603. The maximum Gasteiger partial charge on any atom is 0.124 e. The molecule has 1 rings (SSSR count). The highest BCUT2D eigenvalue weighted by atomic mass is 32.2. The number of rotatable bonds is 5. The Morgan fingerprint density at radius 1 is 0.944 bits per heavy atom. The van der Waals surface area contributed by atoms with Crippen LogP contribution in [0.2, 0.25) is 0 Å². The van der Waals surface area contributed by atoms with E-state index in [1.54, 1.807) is 12.1 Å². The lowest BCUT2D eigenvalue weighted by molar-refractivity contribution is 0.463. The van der Waals surface area contributed by atoms with Gasteiger partial charge in [0.25, 0.3) is 0 Å². The first-order valence-electron chi connectivity index (χ1n) is 6.44. The molecule has 0 radical (unpaired) electrons. The molecule has 0 aromatic heterocycles. The highest BCUT2D eigenvalue weighted by Gasteiger charge is 1.97. The van der Waals surface area contributed by atoms with Crippen LogP contribution >= 0.6 is 0 Å². The van der Waals surface area contributed by atoms with E-state index in [0.29, 0.717) is 0 Å². The van der Waals surface area contributed by atoms with Gasteiger partial charge in [-0.1, -0.05) is 63.6 Å². The second-order valence-electron chi connectivity index (χ2n) is 4.33. The van der Waals surface area contributed by atoms with Crippen LogP contribution in [0, 0.1) is 6.92 Å². The number of aryl methyl sites for hydroxylation is 1. The van der Waals surface area contributed by atoms with Crippen molar-refractivity contribution in [3.05, 3.63) is 29.8 Å². The molecule has 0 aliphatic heterocycles. The summed E-state index contributed by atoms with van der Waals surface area (Å²) >= 11 is 0. The summed E-state index contributed by atoms with van der Waals surface area (Å²) in [6, 6.07) is 5.78. The summed E-state index contributed by atoms with van der Waals surface area (Å²) in [5.41, 5.74) is 0.928.